The maximum atomic E-state index is 13.5. The van der Waals surface area contributed by atoms with Gasteiger partial charge >= 0.3 is 12.3 Å². The Morgan fingerprint density at radius 3 is 2.48 bits per heavy atom. The van der Waals surface area contributed by atoms with Crippen molar-refractivity contribution in [1.29, 1.82) is 0 Å². The standard InChI is InChI=1S/C21H24F3N5O4/c22-21(23,24)18-17(33-20(27-18)32-15-4-2-1-3-5-15)19(31)26-14-6-7-16(25-12-14)29-10-8-28(13-30)9-11-29/h6-7,12-13,15H,1-5,8-11H2,(H,26,31). The minimum Gasteiger partial charge on any atom is -0.447 e. The van der Waals surface area contributed by atoms with Crippen LogP contribution in [-0.4, -0.2) is 59.5 Å². The number of hydrogen-bond donors (Lipinski definition) is 1. The van der Waals surface area contributed by atoms with Gasteiger partial charge in [-0.25, -0.2) is 4.98 Å². The van der Waals surface area contributed by atoms with Crippen molar-refractivity contribution in [3.63, 3.8) is 0 Å². The molecule has 3 heterocycles. The van der Waals surface area contributed by atoms with E-state index in [0.29, 0.717) is 44.8 Å². The van der Waals surface area contributed by atoms with Gasteiger partial charge in [0.2, 0.25) is 12.2 Å². The summed E-state index contributed by atoms with van der Waals surface area (Å²) in [4.78, 5) is 34.7. The maximum absolute atomic E-state index is 13.5. The molecule has 1 aliphatic carbocycles. The highest BCUT2D eigenvalue weighted by molar-refractivity contribution is 6.03. The van der Waals surface area contributed by atoms with Crippen molar-refractivity contribution in [2.45, 2.75) is 44.4 Å². The zero-order chi connectivity index (χ0) is 23.4. The van der Waals surface area contributed by atoms with E-state index in [4.69, 9.17) is 9.15 Å². The van der Waals surface area contributed by atoms with Gasteiger partial charge in [-0.3, -0.25) is 9.59 Å². The minimum atomic E-state index is -4.88. The average molecular weight is 467 g/mol. The highest BCUT2D eigenvalue weighted by atomic mass is 19.4. The summed E-state index contributed by atoms with van der Waals surface area (Å²) in [6, 6.07) is 3.18. The summed E-state index contributed by atoms with van der Waals surface area (Å²) >= 11 is 0. The number of ether oxygens (including phenoxy) is 1. The number of nitrogens with zero attached hydrogens (tertiary/aromatic N) is 4. The van der Waals surface area contributed by atoms with Gasteiger partial charge in [-0.15, -0.1) is 0 Å². The van der Waals surface area contributed by atoms with Crippen molar-refractivity contribution in [2.75, 3.05) is 36.4 Å². The first-order chi connectivity index (χ1) is 15.8. The molecule has 2 fully saturated rings. The lowest BCUT2D eigenvalue weighted by Crippen LogP contribution is -2.46. The number of carbonyl (C=O) groups excluding carboxylic acids is 2. The second-order valence-electron chi connectivity index (χ2n) is 8.02. The number of hydrogen-bond acceptors (Lipinski definition) is 7. The second-order valence-corrected chi connectivity index (χ2v) is 8.02. The Bertz CT molecular complexity index is 965. The molecule has 1 N–H and O–H groups in total. The van der Waals surface area contributed by atoms with Crippen molar-refractivity contribution in [3.05, 3.63) is 29.8 Å². The zero-order valence-electron chi connectivity index (χ0n) is 17.8. The van der Waals surface area contributed by atoms with Gasteiger partial charge in [-0.05, 0) is 37.8 Å². The quantitative estimate of drug-likeness (QED) is 0.651. The van der Waals surface area contributed by atoms with E-state index in [1.807, 2.05) is 4.90 Å². The zero-order valence-corrected chi connectivity index (χ0v) is 17.8. The monoisotopic (exact) mass is 467 g/mol. The number of amides is 2. The molecule has 1 saturated carbocycles. The smallest absolute Gasteiger partial charge is 0.437 e. The Morgan fingerprint density at radius 2 is 1.88 bits per heavy atom. The molecule has 1 saturated heterocycles. The molecule has 2 aromatic rings. The summed E-state index contributed by atoms with van der Waals surface area (Å²) in [5.41, 5.74) is -1.22. The average Bonchev–Trinajstić information content (AvgIpc) is 3.25. The Labute approximate surface area is 187 Å². The van der Waals surface area contributed by atoms with E-state index in [-0.39, 0.29) is 11.8 Å². The van der Waals surface area contributed by atoms with Crippen LogP contribution in [0.4, 0.5) is 24.7 Å². The number of pyridine rings is 1. The van der Waals surface area contributed by atoms with Crippen LogP contribution in [0.25, 0.3) is 0 Å². The predicted molar refractivity (Wildman–Crippen MR) is 111 cm³/mol. The molecule has 4 rings (SSSR count). The molecule has 2 amide bonds. The summed E-state index contributed by atoms with van der Waals surface area (Å²) < 4.78 is 50.9. The number of oxazole rings is 1. The van der Waals surface area contributed by atoms with Crippen LogP contribution in [-0.2, 0) is 11.0 Å². The Kier molecular flexibility index (Phi) is 6.70. The predicted octanol–water partition coefficient (Wildman–Crippen LogP) is 3.33. The first kappa shape index (κ1) is 22.9. The van der Waals surface area contributed by atoms with E-state index in [1.165, 1.54) is 12.3 Å². The van der Waals surface area contributed by atoms with Crippen LogP contribution in [0.2, 0.25) is 0 Å². The summed E-state index contributed by atoms with van der Waals surface area (Å²) in [5, 5.41) is 2.37. The van der Waals surface area contributed by atoms with Crippen LogP contribution in [0.5, 0.6) is 6.08 Å². The topological polar surface area (TPSA) is 101 Å². The molecule has 1 aliphatic heterocycles. The summed E-state index contributed by atoms with van der Waals surface area (Å²) in [5.74, 6) is -1.41. The van der Waals surface area contributed by atoms with Crippen molar-refractivity contribution in [1.82, 2.24) is 14.9 Å². The maximum Gasteiger partial charge on any atom is 0.437 e. The molecule has 9 nitrogen and oxygen atoms in total. The van der Waals surface area contributed by atoms with Crippen LogP contribution in [0.15, 0.2) is 22.7 Å². The molecule has 33 heavy (non-hydrogen) atoms. The number of anilines is 2. The largest absolute Gasteiger partial charge is 0.447 e. The SMILES string of the molecule is O=CN1CCN(c2ccc(NC(=O)c3oc(OC4CCCCC4)nc3C(F)(F)F)cn2)CC1. The Morgan fingerprint density at radius 1 is 1.15 bits per heavy atom. The Balaban J connectivity index is 1.44. The molecule has 0 unspecified atom stereocenters. The molecular weight excluding hydrogens is 443 g/mol. The second kappa shape index (κ2) is 9.67. The summed E-state index contributed by atoms with van der Waals surface area (Å²) in [6.45, 7) is 2.35. The number of nitrogens with one attached hydrogen (secondary N) is 1. The van der Waals surface area contributed by atoms with Crippen molar-refractivity contribution >= 4 is 23.8 Å². The van der Waals surface area contributed by atoms with Crippen LogP contribution >= 0.6 is 0 Å². The fourth-order valence-electron chi connectivity index (χ4n) is 3.91. The summed E-state index contributed by atoms with van der Waals surface area (Å²) in [7, 11) is 0. The number of carbonyl (C=O) groups is 2. The third-order valence-electron chi connectivity index (χ3n) is 5.70. The molecule has 2 aliphatic rings. The van der Waals surface area contributed by atoms with E-state index in [9.17, 15) is 22.8 Å². The number of aromatic nitrogens is 2. The van der Waals surface area contributed by atoms with Crippen LogP contribution in [0.3, 0.4) is 0 Å². The van der Waals surface area contributed by atoms with E-state index < -0.39 is 29.6 Å². The van der Waals surface area contributed by atoms with Gasteiger partial charge in [0, 0.05) is 26.2 Å². The molecule has 0 spiro atoms. The van der Waals surface area contributed by atoms with Gasteiger partial charge in [0.1, 0.15) is 11.9 Å². The number of piperazine rings is 1. The van der Waals surface area contributed by atoms with Crippen molar-refractivity contribution < 1.29 is 31.9 Å². The lowest BCUT2D eigenvalue weighted by molar-refractivity contribution is -0.141. The van der Waals surface area contributed by atoms with Gasteiger partial charge in [0.15, 0.2) is 5.69 Å². The van der Waals surface area contributed by atoms with Gasteiger partial charge < -0.3 is 24.3 Å². The Hall–Kier alpha value is -3.31. The fraction of sp³-hybridized carbons (Fsp3) is 0.524. The molecule has 0 atom stereocenters. The molecule has 12 heteroatoms. The third-order valence-corrected chi connectivity index (χ3v) is 5.70. The summed E-state index contributed by atoms with van der Waals surface area (Å²) in [6.07, 6.45) is 0.727. The molecule has 0 bridgehead atoms. The minimum absolute atomic E-state index is 0.203. The first-order valence-corrected chi connectivity index (χ1v) is 10.8. The van der Waals surface area contributed by atoms with Crippen molar-refractivity contribution in [3.8, 4) is 6.08 Å². The first-order valence-electron chi connectivity index (χ1n) is 10.8. The molecule has 0 radical (unpaired) electrons. The van der Waals surface area contributed by atoms with E-state index >= 15 is 0 Å². The van der Waals surface area contributed by atoms with Crippen molar-refractivity contribution in [2.24, 2.45) is 0 Å². The fourth-order valence-corrected chi connectivity index (χ4v) is 3.91. The molecule has 0 aromatic carbocycles. The lowest BCUT2D eigenvalue weighted by Gasteiger charge is -2.33. The lowest BCUT2D eigenvalue weighted by atomic mass is 9.98. The van der Waals surface area contributed by atoms with E-state index in [2.05, 4.69) is 15.3 Å². The third kappa shape index (κ3) is 5.55. The van der Waals surface area contributed by atoms with Gasteiger partial charge in [-0.2, -0.15) is 18.2 Å². The molecule has 178 valence electrons. The van der Waals surface area contributed by atoms with Crippen LogP contribution < -0.4 is 15.0 Å². The van der Waals surface area contributed by atoms with Gasteiger partial charge in [-0.1, -0.05) is 6.42 Å². The van der Waals surface area contributed by atoms with E-state index in [1.54, 1.807) is 11.0 Å². The highest BCUT2D eigenvalue weighted by Crippen LogP contribution is 2.35. The van der Waals surface area contributed by atoms with Crippen LogP contribution in [0, 0.1) is 0 Å². The van der Waals surface area contributed by atoms with E-state index in [0.717, 1.165) is 25.7 Å². The molecule has 2 aromatic heterocycles. The van der Waals surface area contributed by atoms with Crippen LogP contribution in [0.1, 0.15) is 48.4 Å². The molecular formula is C21H24F3N5O4. The van der Waals surface area contributed by atoms with Gasteiger partial charge in [0.25, 0.3) is 5.91 Å². The van der Waals surface area contributed by atoms with Gasteiger partial charge in [0.05, 0.1) is 11.9 Å². The normalized spacial score (nSPS) is 17.7. The number of rotatable bonds is 6. The number of halogens is 3. The highest BCUT2D eigenvalue weighted by Gasteiger charge is 2.42. The number of alkyl halides is 3.